The minimum absolute atomic E-state index is 0.0786. The minimum atomic E-state index is -4.45. The molecule has 4 rings (SSSR count). The Morgan fingerprint density at radius 2 is 1.95 bits per heavy atom. The van der Waals surface area contributed by atoms with Crippen molar-refractivity contribution in [2.75, 3.05) is 13.2 Å². The summed E-state index contributed by atoms with van der Waals surface area (Å²) in [6.07, 6.45) is -1.86. The van der Waals surface area contributed by atoms with Crippen LogP contribution in [0.4, 0.5) is 13.2 Å². The van der Waals surface area contributed by atoms with E-state index in [1.165, 1.54) is 12.4 Å². The lowest BCUT2D eigenvalue weighted by molar-refractivity contribution is -0.154. The highest BCUT2D eigenvalue weighted by molar-refractivity contribution is 7.89. The monoisotopic (exact) mass is 557 g/mol. The standard InChI is InChI=1S/C25H34F3N5O4S/c1-15-22(24(3,4)5)37-31-23(15)32-38(34,35)19-7-6-17-8-9-33(13-18(17)10-19)16(2)20-11-30-21(12-29-20)36-14-25(26,27)28/h6-7,10-12,15-16,22-23,31-32H,8-9,13-14H2,1-5H3/t15?,16-,22?,23?/m1/s1. The van der Waals surface area contributed by atoms with Crippen molar-refractivity contribution in [1.82, 2.24) is 25.1 Å². The van der Waals surface area contributed by atoms with Crippen LogP contribution in [0.2, 0.25) is 0 Å². The van der Waals surface area contributed by atoms with E-state index in [-0.39, 0.29) is 34.3 Å². The summed E-state index contributed by atoms with van der Waals surface area (Å²) >= 11 is 0. The van der Waals surface area contributed by atoms with Crippen LogP contribution in [0.25, 0.3) is 0 Å². The molecule has 0 amide bonds. The molecule has 0 bridgehead atoms. The van der Waals surface area contributed by atoms with Crippen molar-refractivity contribution in [2.24, 2.45) is 11.3 Å². The van der Waals surface area contributed by atoms with Crippen molar-refractivity contribution < 1.29 is 31.2 Å². The number of ether oxygens (including phenoxy) is 1. The van der Waals surface area contributed by atoms with E-state index in [1.54, 1.807) is 12.1 Å². The zero-order chi connectivity index (χ0) is 27.9. The van der Waals surface area contributed by atoms with E-state index in [2.05, 4.69) is 29.8 Å². The fourth-order valence-electron chi connectivity index (χ4n) is 4.88. The number of nitrogens with zero attached hydrogens (tertiary/aromatic N) is 3. The summed E-state index contributed by atoms with van der Waals surface area (Å²) in [7, 11) is -3.82. The summed E-state index contributed by atoms with van der Waals surface area (Å²) < 4.78 is 70.9. The maximum absolute atomic E-state index is 13.2. The molecule has 2 N–H and O–H groups in total. The first-order valence-corrected chi connectivity index (χ1v) is 13.9. The SMILES string of the molecule is CC1C(NS(=O)(=O)c2ccc3c(c2)CN([C@H](C)c2cnc(OCC(F)(F)F)cn2)CC3)NOC1C(C)(C)C. The second-order valence-electron chi connectivity index (χ2n) is 11.0. The molecule has 3 heterocycles. The molecule has 38 heavy (non-hydrogen) atoms. The molecule has 1 fully saturated rings. The maximum Gasteiger partial charge on any atom is 0.422 e. The van der Waals surface area contributed by atoms with Gasteiger partial charge in [0.2, 0.25) is 15.9 Å². The van der Waals surface area contributed by atoms with E-state index in [4.69, 9.17) is 4.84 Å². The Labute approximate surface area is 221 Å². The highest BCUT2D eigenvalue weighted by Crippen LogP contribution is 2.33. The normalized spacial score (nSPS) is 23.7. The number of fused-ring (bicyclic) bond motifs is 1. The topological polar surface area (TPSA) is 106 Å². The van der Waals surface area contributed by atoms with Gasteiger partial charge in [-0.2, -0.15) is 23.4 Å². The molecule has 210 valence electrons. The average Bonchev–Trinajstić information content (AvgIpc) is 3.21. The third kappa shape index (κ3) is 6.63. The van der Waals surface area contributed by atoms with E-state index in [9.17, 15) is 21.6 Å². The molecule has 4 atom stereocenters. The zero-order valence-electron chi connectivity index (χ0n) is 22.0. The molecule has 2 aliphatic rings. The van der Waals surface area contributed by atoms with Crippen LogP contribution in [0.15, 0.2) is 35.5 Å². The molecule has 0 saturated carbocycles. The van der Waals surface area contributed by atoms with Crippen molar-refractivity contribution in [3.63, 3.8) is 0 Å². The fraction of sp³-hybridized carbons (Fsp3) is 0.600. The van der Waals surface area contributed by atoms with E-state index < -0.39 is 29.0 Å². The Kier molecular flexibility index (Phi) is 8.06. The lowest BCUT2D eigenvalue weighted by atomic mass is 9.82. The number of alkyl halides is 3. The Hall–Kier alpha value is -2.32. The molecule has 2 aromatic rings. The lowest BCUT2D eigenvalue weighted by Crippen LogP contribution is -2.45. The Morgan fingerprint density at radius 3 is 2.55 bits per heavy atom. The summed E-state index contributed by atoms with van der Waals surface area (Å²) in [5, 5.41) is 0. The van der Waals surface area contributed by atoms with Crippen molar-refractivity contribution in [3.05, 3.63) is 47.4 Å². The summed E-state index contributed by atoms with van der Waals surface area (Å²) in [5.41, 5.74) is 5.21. The number of hydroxylamine groups is 1. The van der Waals surface area contributed by atoms with Gasteiger partial charge in [-0.15, -0.1) is 0 Å². The molecular formula is C25H34F3N5O4S. The van der Waals surface area contributed by atoms with Gasteiger partial charge in [0.15, 0.2) is 6.61 Å². The van der Waals surface area contributed by atoms with Gasteiger partial charge in [-0.1, -0.05) is 33.8 Å². The highest BCUT2D eigenvalue weighted by atomic mass is 32.2. The van der Waals surface area contributed by atoms with Gasteiger partial charge in [-0.05, 0) is 42.0 Å². The summed E-state index contributed by atoms with van der Waals surface area (Å²) in [6.45, 7) is 9.78. The van der Waals surface area contributed by atoms with E-state index in [0.717, 1.165) is 17.5 Å². The van der Waals surface area contributed by atoms with Crippen LogP contribution >= 0.6 is 0 Å². The predicted molar refractivity (Wildman–Crippen MR) is 133 cm³/mol. The van der Waals surface area contributed by atoms with Crippen LogP contribution in [0, 0.1) is 11.3 Å². The van der Waals surface area contributed by atoms with Crippen molar-refractivity contribution >= 4 is 10.0 Å². The van der Waals surface area contributed by atoms with Gasteiger partial charge in [-0.3, -0.25) is 14.7 Å². The van der Waals surface area contributed by atoms with E-state index in [0.29, 0.717) is 18.8 Å². The van der Waals surface area contributed by atoms with Crippen LogP contribution in [0.3, 0.4) is 0 Å². The molecule has 1 aromatic carbocycles. The molecule has 1 saturated heterocycles. The molecule has 13 heteroatoms. The minimum Gasteiger partial charge on any atom is -0.467 e. The number of rotatable bonds is 7. The second-order valence-corrected chi connectivity index (χ2v) is 12.7. The molecule has 0 spiro atoms. The first-order chi connectivity index (χ1) is 17.6. The van der Waals surface area contributed by atoms with Gasteiger partial charge in [-0.25, -0.2) is 13.4 Å². The molecule has 0 aliphatic carbocycles. The van der Waals surface area contributed by atoms with Crippen LogP contribution in [0.5, 0.6) is 5.88 Å². The number of hydrogen-bond acceptors (Lipinski definition) is 8. The maximum atomic E-state index is 13.2. The first-order valence-electron chi connectivity index (χ1n) is 12.4. The molecule has 3 unspecified atom stereocenters. The van der Waals surface area contributed by atoms with Crippen molar-refractivity contribution in [3.8, 4) is 5.88 Å². The molecule has 0 radical (unpaired) electrons. The summed E-state index contributed by atoms with van der Waals surface area (Å²) in [6, 6.07) is 4.96. The van der Waals surface area contributed by atoms with Crippen molar-refractivity contribution in [1.29, 1.82) is 0 Å². The van der Waals surface area contributed by atoms with Gasteiger partial charge in [0.1, 0.15) is 6.17 Å². The molecule has 1 aromatic heterocycles. The zero-order valence-corrected chi connectivity index (χ0v) is 22.9. The third-order valence-corrected chi connectivity index (χ3v) is 8.44. The van der Waals surface area contributed by atoms with Crippen LogP contribution in [-0.2, 0) is 27.8 Å². The van der Waals surface area contributed by atoms with E-state index >= 15 is 0 Å². The predicted octanol–water partition coefficient (Wildman–Crippen LogP) is 3.73. The Bertz CT molecular complexity index is 1240. The quantitative estimate of drug-likeness (QED) is 0.531. The third-order valence-electron chi connectivity index (χ3n) is 7.00. The Morgan fingerprint density at radius 1 is 1.21 bits per heavy atom. The van der Waals surface area contributed by atoms with Gasteiger partial charge in [0.05, 0.1) is 35.1 Å². The number of aromatic nitrogens is 2. The number of sulfonamides is 1. The largest absolute Gasteiger partial charge is 0.467 e. The first kappa shape index (κ1) is 28.7. The molecule has 9 nitrogen and oxygen atoms in total. The van der Waals surface area contributed by atoms with Gasteiger partial charge >= 0.3 is 6.18 Å². The van der Waals surface area contributed by atoms with E-state index in [1.807, 2.05) is 40.7 Å². The number of hydrogen-bond donors (Lipinski definition) is 2. The van der Waals surface area contributed by atoms with Crippen molar-refractivity contribution in [2.45, 2.75) is 77.0 Å². The van der Waals surface area contributed by atoms with Crippen LogP contribution < -0.4 is 14.9 Å². The van der Waals surface area contributed by atoms with Crippen LogP contribution in [-0.4, -0.2) is 54.9 Å². The average molecular weight is 558 g/mol. The summed E-state index contributed by atoms with van der Waals surface area (Å²) in [5.74, 6) is -0.278. The summed E-state index contributed by atoms with van der Waals surface area (Å²) in [4.78, 5) is 16.2. The molecule has 2 aliphatic heterocycles. The lowest BCUT2D eigenvalue weighted by Gasteiger charge is -2.33. The van der Waals surface area contributed by atoms with Crippen LogP contribution in [0.1, 0.15) is 57.5 Å². The fourth-order valence-corrected chi connectivity index (χ4v) is 6.16. The Balaban J connectivity index is 1.43. The van der Waals surface area contributed by atoms with Gasteiger partial charge in [0, 0.05) is 19.0 Å². The van der Waals surface area contributed by atoms with Gasteiger partial charge < -0.3 is 4.74 Å². The molecular weight excluding hydrogens is 523 g/mol. The van der Waals surface area contributed by atoms with Gasteiger partial charge in [0.25, 0.3) is 0 Å². The highest BCUT2D eigenvalue weighted by Gasteiger charge is 2.42. The number of benzene rings is 1. The number of nitrogens with one attached hydrogen (secondary N) is 2. The second kappa shape index (κ2) is 10.7. The number of halogens is 3. The smallest absolute Gasteiger partial charge is 0.422 e.